The maximum absolute atomic E-state index is 12.0. The first-order valence-corrected chi connectivity index (χ1v) is 8.58. The molecule has 0 radical (unpaired) electrons. The topological polar surface area (TPSA) is 41.1 Å². The van der Waals surface area contributed by atoms with Crippen LogP contribution in [0.4, 0.5) is 0 Å². The molecule has 0 aliphatic carbocycles. The Hall–Kier alpha value is -1.35. The number of benzene rings is 1. The highest BCUT2D eigenvalue weighted by molar-refractivity contribution is 5.76. The highest BCUT2D eigenvalue weighted by Crippen LogP contribution is 2.23. The molecule has 0 spiro atoms. The van der Waals surface area contributed by atoms with Crippen molar-refractivity contribution in [1.29, 1.82) is 0 Å². The maximum atomic E-state index is 12.0. The summed E-state index contributed by atoms with van der Waals surface area (Å²) in [5.41, 5.74) is 2.61. The van der Waals surface area contributed by atoms with Crippen molar-refractivity contribution in [2.75, 3.05) is 19.6 Å². The SMILES string of the molecule is CCc1ccc(C(C)(C)CNC(=O)CCC2CCNC2)cc1. The van der Waals surface area contributed by atoms with Crippen LogP contribution in [0.1, 0.15) is 51.2 Å². The van der Waals surface area contributed by atoms with Gasteiger partial charge in [-0.15, -0.1) is 0 Å². The first-order valence-electron chi connectivity index (χ1n) is 8.58. The van der Waals surface area contributed by atoms with Gasteiger partial charge < -0.3 is 10.6 Å². The van der Waals surface area contributed by atoms with Gasteiger partial charge in [-0.1, -0.05) is 45.0 Å². The van der Waals surface area contributed by atoms with Gasteiger partial charge in [-0.25, -0.2) is 0 Å². The van der Waals surface area contributed by atoms with Crippen LogP contribution in [-0.2, 0) is 16.6 Å². The Kier molecular flexibility index (Phi) is 6.01. The van der Waals surface area contributed by atoms with Gasteiger partial charge in [-0.3, -0.25) is 4.79 Å². The smallest absolute Gasteiger partial charge is 0.220 e. The minimum atomic E-state index is -0.0309. The average Bonchev–Trinajstić information content (AvgIpc) is 3.04. The van der Waals surface area contributed by atoms with Crippen molar-refractivity contribution in [3.8, 4) is 0 Å². The van der Waals surface area contributed by atoms with E-state index in [0.717, 1.165) is 25.9 Å². The van der Waals surface area contributed by atoms with Gasteiger partial charge >= 0.3 is 0 Å². The normalized spacial score (nSPS) is 18.4. The largest absolute Gasteiger partial charge is 0.355 e. The number of nitrogens with one attached hydrogen (secondary N) is 2. The summed E-state index contributed by atoms with van der Waals surface area (Å²) in [6.07, 6.45) is 3.93. The van der Waals surface area contributed by atoms with Gasteiger partial charge in [0.05, 0.1) is 0 Å². The van der Waals surface area contributed by atoms with Crippen molar-refractivity contribution in [3.63, 3.8) is 0 Å². The van der Waals surface area contributed by atoms with Crippen molar-refractivity contribution in [2.45, 2.75) is 51.9 Å². The molecule has 122 valence electrons. The van der Waals surface area contributed by atoms with E-state index < -0.39 is 0 Å². The van der Waals surface area contributed by atoms with E-state index >= 15 is 0 Å². The first kappa shape index (κ1) is 17.0. The van der Waals surface area contributed by atoms with E-state index in [2.05, 4.69) is 55.7 Å². The van der Waals surface area contributed by atoms with E-state index in [0.29, 0.717) is 18.9 Å². The number of carbonyl (C=O) groups excluding carboxylic acids is 1. The number of hydrogen-bond donors (Lipinski definition) is 2. The average molecular weight is 302 g/mol. The van der Waals surface area contributed by atoms with Gasteiger partial charge in [0.15, 0.2) is 0 Å². The van der Waals surface area contributed by atoms with Gasteiger partial charge in [0.2, 0.25) is 5.91 Å². The van der Waals surface area contributed by atoms with Gasteiger partial charge in [-0.05, 0) is 49.4 Å². The third-order valence-electron chi connectivity index (χ3n) is 4.81. The van der Waals surface area contributed by atoms with E-state index in [1.165, 1.54) is 17.5 Å². The summed E-state index contributed by atoms with van der Waals surface area (Å²) in [6.45, 7) is 9.42. The highest BCUT2D eigenvalue weighted by Gasteiger charge is 2.22. The molecule has 1 amide bonds. The predicted octanol–water partition coefficient (Wildman–Crippen LogP) is 3.03. The van der Waals surface area contributed by atoms with Crippen molar-refractivity contribution < 1.29 is 4.79 Å². The molecule has 1 aromatic rings. The molecular formula is C19H30N2O. The fourth-order valence-electron chi connectivity index (χ4n) is 3.00. The quantitative estimate of drug-likeness (QED) is 0.813. The summed E-state index contributed by atoms with van der Waals surface area (Å²) in [6, 6.07) is 8.75. The molecule has 1 atom stereocenters. The van der Waals surface area contributed by atoms with E-state index in [1.807, 2.05) is 0 Å². The van der Waals surface area contributed by atoms with Crippen LogP contribution in [0.5, 0.6) is 0 Å². The van der Waals surface area contributed by atoms with E-state index in [1.54, 1.807) is 0 Å². The van der Waals surface area contributed by atoms with Crippen molar-refractivity contribution in [2.24, 2.45) is 5.92 Å². The number of rotatable bonds is 7. The number of carbonyl (C=O) groups is 1. The van der Waals surface area contributed by atoms with Gasteiger partial charge in [-0.2, -0.15) is 0 Å². The minimum Gasteiger partial charge on any atom is -0.355 e. The van der Waals surface area contributed by atoms with Crippen LogP contribution in [0.25, 0.3) is 0 Å². The zero-order valence-electron chi connectivity index (χ0n) is 14.2. The lowest BCUT2D eigenvalue weighted by molar-refractivity contribution is -0.121. The number of hydrogen-bond acceptors (Lipinski definition) is 2. The zero-order valence-corrected chi connectivity index (χ0v) is 14.2. The van der Waals surface area contributed by atoms with Crippen LogP contribution in [0.15, 0.2) is 24.3 Å². The lowest BCUT2D eigenvalue weighted by Gasteiger charge is -2.26. The first-order chi connectivity index (χ1) is 10.5. The molecule has 1 saturated heterocycles. The standard InChI is InChI=1S/C19H30N2O/c1-4-15-5-8-17(9-6-15)19(2,3)14-21-18(22)10-7-16-11-12-20-13-16/h5-6,8-9,16,20H,4,7,10-14H2,1-3H3,(H,21,22). The molecule has 0 aromatic heterocycles. The lowest BCUT2D eigenvalue weighted by atomic mass is 9.84. The summed E-state index contributed by atoms with van der Waals surface area (Å²) >= 11 is 0. The molecule has 1 aromatic carbocycles. The number of aryl methyl sites for hydroxylation is 1. The molecule has 1 fully saturated rings. The van der Waals surface area contributed by atoms with E-state index in [9.17, 15) is 4.79 Å². The molecule has 3 heteroatoms. The summed E-state index contributed by atoms with van der Waals surface area (Å²) < 4.78 is 0. The Morgan fingerprint density at radius 3 is 2.64 bits per heavy atom. The zero-order chi connectivity index (χ0) is 16.0. The maximum Gasteiger partial charge on any atom is 0.220 e. The highest BCUT2D eigenvalue weighted by atomic mass is 16.1. The van der Waals surface area contributed by atoms with Crippen molar-refractivity contribution >= 4 is 5.91 Å². The van der Waals surface area contributed by atoms with Crippen LogP contribution < -0.4 is 10.6 Å². The molecule has 2 N–H and O–H groups in total. The summed E-state index contributed by atoms with van der Waals surface area (Å²) in [7, 11) is 0. The van der Waals surface area contributed by atoms with Crippen LogP contribution in [-0.4, -0.2) is 25.5 Å². The summed E-state index contributed by atoms with van der Waals surface area (Å²) in [5.74, 6) is 0.866. The van der Waals surface area contributed by atoms with Gasteiger partial charge in [0, 0.05) is 18.4 Å². The third-order valence-corrected chi connectivity index (χ3v) is 4.81. The Morgan fingerprint density at radius 2 is 2.05 bits per heavy atom. The summed E-state index contributed by atoms with van der Waals surface area (Å²) in [5, 5.41) is 6.47. The second-order valence-electron chi connectivity index (χ2n) is 7.11. The summed E-state index contributed by atoms with van der Waals surface area (Å²) in [4.78, 5) is 12.0. The Labute approximate surface area is 134 Å². The van der Waals surface area contributed by atoms with Crippen LogP contribution in [0.3, 0.4) is 0 Å². The molecular weight excluding hydrogens is 272 g/mol. The lowest BCUT2D eigenvalue weighted by Crippen LogP contribution is -2.36. The van der Waals surface area contributed by atoms with Crippen molar-refractivity contribution in [1.82, 2.24) is 10.6 Å². The second-order valence-corrected chi connectivity index (χ2v) is 7.11. The molecule has 0 saturated carbocycles. The Morgan fingerprint density at radius 1 is 1.32 bits per heavy atom. The molecule has 1 unspecified atom stereocenters. The predicted molar refractivity (Wildman–Crippen MR) is 92.1 cm³/mol. The molecule has 0 bridgehead atoms. The molecule has 22 heavy (non-hydrogen) atoms. The third kappa shape index (κ3) is 4.84. The van der Waals surface area contributed by atoms with E-state index in [-0.39, 0.29) is 11.3 Å². The van der Waals surface area contributed by atoms with Crippen LogP contribution in [0, 0.1) is 5.92 Å². The van der Waals surface area contributed by atoms with Crippen molar-refractivity contribution in [3.05, 3.63) is 35.4 Å². The molecule has 1 aliphatic heterocycles. The molecule has 3 nitrogen and oxygen atoms in total. The molecule has 2 rings (SSSR count). The van der Waals surface area contributed by atoms with Gasteiger partial charge in [0.25, 0.3) is 0 Å². The van der Waals surface area contributed by atoms with Crippen LogP contribution >= 0.6 is 0 Å². The second kappa shape index (κ2) is 7.77. The Bertz CT molecular complexity index is 473. The molecule has 1 aliphatic rings. The Balaban J connectivity index is 1.78. The fourth-order valence-corrected chi connectivity index (χ4v) is 3.00. The minimum absolute atomic E-state index is 0.0309. The monoisotopic (exact) mass is 302 g/mol. The fraction of sp³-hybridized carbons (Fsp3) is 0.632. The number of amides is 1. The van der Waals surface area contributed by atoms with E-state index in [4.69, 9.17) is 0 Å². The van der Waals surface area contributed by atoms with Gasteiger partial charge in [0.1, 0.15) is 0 Å². The molecule has 1 heterocycles. The van der Waals surface area contributed by atoms with Crippen LogP contribution in [0.2, 0.25) is 0 Å².